The second kappa shape index (κ2) is 8.27. The van der Waals surface area contributed by atoms with Crippen LogP contribution in [0.4, 0.5) is 4.79 Å². The molecule has 0 N–H and O–H groups in total. The fourth-order valence-electron chi connectivity index (χ4n) is 3.03. The van der Waals surface area contributed by atoms with Crippen molar-refractivity contribution < 1.29 is 19.2 Å². The largest absolute Gasteiger partial charge is 0.373 e. The summed E-state index contributed by atoms with van der Waals surface area (Å²) in [6.07, 6.45) is 5.06. The molecular formula is C17H20N2O4. The molecule has 6 heteroatoms. The number of urea groups is 1. The summed E-state index contributed by atoms with van der Waals surface area (Å²) in [4.78, 5) is 36.3. The molecule has 122 valence electrons. The van der Waals surface area contributed by atoms with E-state index in [9.17, 15) is 4.79 Å². The molecule has 0 radical (unpaired) electrons. The van der Waals surface area contributed by atoms with Gasteiger partial charge in [-0.3, -0.25) is 4.84 Å². The Labute approximate surface area is 135 Å². The van der Waals surface area contributed by atoms with Crippen LogP contribution >= 0.6 is 0 Å². The van der Waals surface area contributed by atoms with Crippen LogP contribution in [0, 0.1) is 0 Å². The molecule has 0 spiro atoms. The highest BCUT2D eigenvalue weighted by molar-refractivity contribution is 5.76. The van der Waals surface area contributed by atoms with Gasteiger partial charge in [0.25, 0.3) is 0 Å². The van der Waals surface area contributed by atoms with E-state index >= 15 is 0 Å². The van der Waals surface area contributed by atoms with Gasteiger partial charge in [-0.1, -0.05) is 36.4 Å². The number of hydrogen-bond donors (Lipinski definition) is 0. The number of piperidine rings is 1. The van der Waals surface area contributed by atoms with E-state index in [1.54, 1.807) is 5.06 Å². The topological polar surface area (TPSA) is 66.9 Å². The third-order valence-corrected chi connectivity index (χ3v) is 4.10. The van der Waals surface area contributed by atoms with Gasteiger partial charge in [-0.05, 0) is 24.8 Å². The average Bonchev–Trinajstić information content (AvgIpc) is 2.82. The van der Waals surface area contributed by atoms with Crippen LogP contribution in [0.25, 0.3) is 0 Å². The number of hydroxylamine groups is 2. The van der Waals surface area contributed by atoms with Crippen LogP contribution in [-0.4, -0.2) is 40.8 Å². The summed E-state index contributed by atoms with van der Waals surface area (Å²) < 4.78 is 0. The number of nitrogens with zero attached hydrogens (tertiary/aromatic N) is 2. The predicted molar refractivity (Wildman–Crippen MR) is 81.8 cm³/mol. The zero-order valence-electron chi connectivity index (χ0n) is 12.9. The molecule has 2 fully saturated rings. The normalized spacial score (nSPS) is 22.2. The first-order chi connectivity index (χ1) is 11.2. The Bertz CT molecular complexity index is 569. The molecule has 2 saturated heterocycles. The van der Waals surface area contributed by atoms with Gasteiger partial charge in [0.05, 0.1) is 6.04 Å². The summed E-state index contributed by atoms with van der Waals surface area (Å²) in [6, 6.07) is 10.5. The van der Waals surface area contributed by atoms with E-state index in [0.29, 0.717) is 12.6 Å². The highest BCUT2D eigenvalue weighted by Gasteiger charge is 2.44. The Morgan fingerprint density at radius 2 is 1.96 bits per heavy atom. The minimum Gasteiger partial charge on any atom is -0.317 e. The number of fused-ring (bicyclic) bond motifs is 2. The van der Waals surface area contributed by atoms with Gasteiger partial charge in [-0.2, -0.15) is 14.7 Å². The highest BCUT2D eigenvalue weighted by atomic mass is 16.7. The Morgan fingerprint density at radius 1 is 1.26 bits per heavy atom. The van der Waals surface area contributed by atoms with Crippen molar-refractivity contribution in [2.45, 2.75) is 38.0 Å². The Morgan fingerprint density at radius 3 is 2.61 bits per heavy atom. The van der Waals surface area contributed by atoms with Gasteiger partial charge in [0.15, 0.2) is 0 Å². The molecule has 2 amide bonds. The number of rotatable bonds is 5. The Balaban J connectivity index is 0.000000595. The zero-order chi connectivity index (χ0) is 16.7. The van der Waals surface area contributed by atoms with E-state index in [0.717, 1.165) is 31.4 Å². The summed E-state index contributed by atoms with van der Waals surface area (Å²) in [6.45, 7) is 5.01. The van der Waals surface area contributed by atoms with Crippen LogP contribution in [0.1, 0.15) is 24.8 Å². The predicted octanol–water partition coefficient (Wildman–Crippen LogP) is 2.38. The highest BCUT2D eigenvalue weighted by Crippen LogP contribution is 2.31. The minimum absolute atomic E-state index is 0.00952. The third-order valence-electron chi connectivity index (χ3n) is 4.10. The summed E-state index contributed by atoms with van der Waals surface area (Å²) in [5.41, 5.74) is 1.08. The molecule has 2 atom stereocenters. The molecule has 2 aliphatic heterocycles. The number of hydrogen-bond acceptors (Lipinski definition) is 4. The fourth-order valence-corrected chi connectivity index (χ4v) is 3.03. The third kappa shape index (κ3) is 4.06. The van der Waals surface area contributed by atoms with Gasteiger partial charge >= 0.3 is 12.2 Å². The molecule has 2 aliphatic rings. The van der Waals surface area contributed by atoms with Crippen LogP contribution in [0.3, 0.4) is 0 Å². The van der Waals surface area contributed by atoms with E-state index in [1.807, 2.05) is 41.3 Å². The Hall–Kier alpha value is -2.43. The first kappa shape index (κ1) is 16.9. The van der Waals surface area contributed by atoms with E-state index in [1.165, 1.54) is 0 Å². The van der Waals surface area contributed by atoms with Crippen molar-refractivity contribution in [3.05, 3.63) is 48.6 Å². The van der Waals surface area contributed by atoms with E-state index in [-0.39, 0.29) is 18.2 Å². The first-order valence-electron chi connectivity index (χ1n) is 7.58. The number of carbonyl (C=O) groups excluding carboxylic acids is 3. The molecule has 1 aromatic rings. The van der Waals surface area contributed by atoms with Gasteiger partial charge in [0, 0.05) is 12.6 Å². The molecule has 2 heterocycles. The van der Waals surface area contributed by atoms with Crippen LogP contribution in [-0.2, 0) is 21.0 Å². The average molecular weight is 316 g/mol. The van der Waals surface area contributed by atoms with Crippen molar-refractivity contribution in [2.75, 3.05) is 6.54 Å². The van der Waals surface area contributed by atoms with Crippen molar-refractivity contribution in [3.63, 3.8) is 0 Å². The molecule has 6 nitrogen and oxygen atoms in total. The second-order valence-electron chi connectivity index (χ2n) is 5.51. The van der Waals surface area contributed by atoms with Crippen LogP contribution in [0.5, 0.6) is 0 Å². The van der Waals surface area contributed by atoms with Crippen molar-refractivity contribution >= 4 is 12.2 Å². The number of amides is 2. The van der Waals surface area contributed by atoms with E-state index in [4.69, 9.17) is 14.4 Å². The van der Waals surface area contributed by atoms with Crippen LogP contribution in [0.2, 0.25) is 0 Å². The van der Waals surface area contributed by atoms with Crippen molar-refractivity contribution in [3.8, 4) is 0 Å². The Kier molecular flexibility index (Phi) is 6.09. The van der Waals surface area contributed by atoms with Crippen LogP contribution in [0.15, 0.2) is 43.0 Å². The molecule has 0 saturated carbocycles. The van der Waals surface area contributed by atoms with Gasteiger partial charge in [0.2, 0.25) is 0 Å². The van der Waals surface area contributed by atoms with E-state index < -0.39 is 0 Å². The van der Waals surface area contributed by atoms with Crippen molar-refractivity contribution in [2.24, 2.45) is 0 Å². The molecule has 23 heavy (non-hydrogen) atoms. The lowest BCUT2D eigenvalue weighted by molar-refractivity contribution is -0.191. The summed E-state index contributed by atoms with van der Waals surface area (Å²) in [5, 5.41) is 1.58. The standard InChI is InChI=1S/C16H20N2O2.CO2/c1-2-6-14-9-10-15-11-17(14)16(19)18(15)20-12-13-7-4-3-5-8-13;2-1-3/h2-5,7-8,14-15H,1,6,9-12H2;/t14-,15-;/m1./s1. The monoisotopic (exact) mass is 316 g/mol. The summed E-state index contributed by atoms with van der Waals surface area (Å²) in [7, 11) is 0. The minimum atomic E-state index is 0.00952. The fraction of sp³-hybridized carbons (Fsp3) is 0.412. The lowest BCUT2D eigenvalue weighted by Gasteiger charge is -2.29. The molecule has 3 rings (SSSR count). The van der Waals surface area contributed by atoms with E-state index in [2.05, 4.69) is 6.58 Å². The molecule has 2 bridgehead atoms. The second-order valence-corrected chi connectivity index (χ2v) is 5.51. The number of carbonyl (C=O) groups is 1. The lowest BCUT2D eigenvalue weighted by atomic mass is 9.98. The summed E-state index contributed by atoms with van der Waals surface area (Å²) >= 11 is 0. The summed E-state index contributed by atoms with van der Waals surface area (Å²) in [5.74, 6) is 0. The van der Waals surface area contributed by atoms with Gasteiger partial charge in [-0.25, -0.2) is 4.79 Å². The molecule has 0 aromatic heterocycles. The van der Waals surface area contributed by atoms with Crippen molar-refractivity contribution in [1.82, 2.24) is 9.96 Å². The quantitative estimate of drug-likeness (QED) is 0.782. The number of benzene rings is 1. The SMILES string of the molecule is C=CC[C@@H]1CC[C@@H]2CN1C(=O)N2OCc1ccccc1.O=C=O. The van der Waals surface area contributed by atoms with Gasteiger partial charge in [-0.15, -0.1) is 6.58 Å². The lowest BCUT2D eigenvalue weighted by Crippen LogP contribution is -2.39. The maximum absolute atomic E-state index is 12.4. The maximum Gasteiger partial charge on any atom is 0.373 e. The first-order valence-corrected chi connectivity index (χ1v) is 7.58. The van der Waals surface area contributed by atoms with Gasteiger partial charge < -0.3 is 4.90 Å². The zero-order valence-corrected chi connectivity index (χ0v) is 12.9. The van der Waals surface area contributed by atoms with Gasteiger partial charge in [0.1, 0.15) is 6.61 Å². The molecule has 0 aliphatic carbocycles. The maximum atomic E-state index is 12.4. The smallest absolute Gasteiger partial charge is 0.317 e. The molecular weight excluding hydrogens is 296 g/mol. The molecule has 1 aromatic carbocycles. The molecule has 0 unspecified atom stereocenters. The van der Waals surface area contributed by atoms with Crippen LogP contribution < -0.4 is 0 Å². The van der Waals surface area contributed by atoms with Crippen molar-refractivity contribution in [1.29, 1.82) is 0 Å².